The lowest BCUT2D eigenvalue weighted by Crippen LogP contribution is -1.95. The van der Waals surface area contributed by atoms with E-state index in [0.717, 1.165) is 22.0 Å². The average molecular weight is 290 g/mol. The van der Waals surface area contributed by atoms with Crippen LogP contribution in [0.3, 0.4) is 0 Å². The Labute approximate surface area is 128 Å². The molecule has 108 valence electrons. The van der Waals surface area contributed by atoms with E-state index in [1.807, 2.05) is 36.4 Å². The highest BCUT2D eigenvalue weighted by Crippen LogP contribution is 2.37. The highest BCUT2D eigenvalue weighted by molar-refractivity contribution is 5.94. The number of rotatable bonds is 3. The first-order valence-electron chi connectivity index (χ1n) is 6.78. The summed E-state index contributed by atoms with van der Waals surface area (Å²) in [6.07, 6.45) is 1.76. The highest BCUT2D eigenvalue weighted by atomic mass is 16.5. The van der Waals surface area contributed by atoms with Crippen molar-refractivity contribution in [2.75, 3.05) is 14.2 Å². The van der Waals surface area contributed by atoms with Gasteiger partial charge in [0.05, 0.1) is 25.3 Å². The van der Waals surface area contributed by atoms with Gasteiger partial charge in [-0.05, 0) is 23.8 Å². The number of fused-ring (bicyclic) bond motifs is 1. The molecule has 0 saturated heterocycles. The van der Waals surface area contributed by atoms with Crippen LogP contribution in [0.15, 0.2) is 48.7 Å². The number of nitriles is 1. The molecule has 3 rings (SSSR count). The Hall–Kier alpha value is -3.06. The van der Waals surface area contributed by atoms with E-state index in [4.69, 9.17) is 9.47 Å². The molecule has 0 aliphatic heterocycles. The van der Waals surface area contributed by atoms with Crippen LogP contribution in [0.4, 0.5) is 0 Å². The van der Waals surface area contributed by atoms with Crippen LogP contribution in [0.5, 0.6) is 11.5 Å². The standard InChI is InChI=1S/C18H14N2O2/c1-21-16-10-13(9-14(11-19)18(16)22-2)15-7-3-5-12-6-4-8-20-17(12)15/h3-10H,1-2H3. The minimum atomic E-state index is 0.435. The van der Waals surface area contributed by atoms with Crippen LogP contribution < -0.4 is 9.47 Å². The van der Waals surface area contributed by atoms with Gasteiger partial charge in [0.25, 0.3) is 0 Å². The van der Waals surface area contributed by atoms with Gasteiger partial charge in [0.1, 0.15) is 6.07 Å². The average Bonchev–Trinajstić information content (AvgIpc) is 2.59. The van der Waals surface area contributed by atoms with E-state index in [1.165, 1.54) is 7.11 Å². The number of pyridine rings is 1. The topological polar surface area (TPSA) is 55.1 Å². The predicted molar refractivity (Wildman–Crippen MR) is 85.0 cm³/mol. The Morgan fingerprint density at radius 3 is 2.59 bits per heavy atom. The minimum absolute atomic E-state index is 0.435. The molecule has 0 aliphatic rings. The van der Waals surface area contributed by atoms with Gasteiger partial charge in [-0.2, -0.15) is 5.26 Å². The molecule has 0 unspecified atom stereocenters. The minimum Gasteiger partial charge on any atom is -0.493 e. The van der Waals surface area contributed by atoms with E-state index in [-0.39, 0.29) is 0 Å². The molecule has 0 radical (unpaired) electrons. The fourth-order valence-corrected chi connectivity index (χ4v) is 2.54. The molecule has 0 amide bonds. The first-order chi connectivity index (χ1) is 10.8. The number of hydrogen-bond donors (Lipinski definition) is 0. The maximum absolute atomic E-state index is 9.35. The van der Waals surface area contributed by atoms with Gasteiger partial charge in [0.15, 0.2) is 11.5 Å². The molecular weight excluding hydrogens is 276 g/mol. The summed E-state index contributed by atoms with van der Waals surface area (Å²) in [6, 6.07) is 15.7. The first-order valence-corrected chi connectivity index (χ1v) is 6.78. The summed E-state index contributed by atoms with van der Waals surface area (Å²) in [5.74, 6) is 0.978. The molecule has 0 bridgehead atoms. The quantitative estimate of drug-likeness (QED) is 0.736. The number of nitrogens with zero attached hydrogens (tertiary/aromatic N) is 2. The largest absolute Gasteiger partial charge is 0.493 e. The van der Waals surface area contributed by atoms with Gasteiger partial charge >= 0.3 is 0 Å². The highest BCUT2D eigenvalue weighted by Gasteiger charge is 2.14. The predicted octanol–water partition coefficient (Wildman–Crippen LogP) is 3.79. The molecular formula is C18H14N2O2. The van der Waals surface area contributed by atoms with Crippen molar-refractivity contribution in [2.45, 2.75) is 0 Å². The van der Waals surface area contributed by atoms with Gasteiger partial charge in [-0.15, -0.1) is 0 Å². The molecule has 0 atom stereocenters. The van der Waals surface area contributed by atoms with Crippen LogP contribution in [0.1, 0.15) is 5.56 Å². The van der Waals surface area contributed by atoms with Gasteiger partial charge in [-0.3, -0.25) is 4.98 Å². The summed E-state index contributed by atoms with van der Waals surface area (Å²) in [7, 11) is 3.09. The zero-order chi connectivity index (χ0) is 15.5. The zero-order valence-electron chi connectivity index (χ0n) is 12.3. The third kappa shape index (κ3) is 2.23. The van der Waals surface area contributed by atoms with Crippen LogP contribution in [-0.2, 0) is 0 Å². The number of benzene rings is 2. The SMILES string of the molecule is COc1cc(-c2cccc3cccnc23)cc(C#N)c1OC. The van der Waals surface area contributed by atoms with Gasteiger partial charge in [-0.25, -0.2) is 0 Å². The normalized spacial score (nSPS) is 10.2. The summed E-state index contributed by atoms with van der Waals surface area (Å²) < 4.78 is 10.6. The maximum atomic E-state index is 9.35. The van der Waals surface area contributed by atoms with E-state index in [0.29, 0.717) is 17.1 Å². The Morgan fingerprint density at radius 2 is 1.86 bits per heavy atom. The van der Waals surface area contributed by atoms with Crippen molar-refractivity contribution in [3.8, 4) is 28.7 Å². The summed E-state index contributed by atoms with van der Waals surface area (Å²) in [5, 5.41) is 10.4. The Morgan fingerprint density at radius 1 is 1.05 bits per heavy atom. The zero-order valence-corrected chi connectivity index (χ0v) is 12.3. The van der Waals surface area contributed by atoms with Crippen molar-refractivity contribution in [1.82, 2.24) is 4.98 Å². The van der Waals surface area contributed by atoms with E-state index in [9.17, 15) is 5.26 Å². The molecule has 3 aromatic rings. The summed E-state index contributed by atoms with van der Waals surface area (Å²) in [6.45, 7) is 0. The van der Waals surface area contributed by atoms with Crippen LogP contribution in [0.2, 0.25) is 0 Å². The second-order valence-electron chi connectivity index (χ2n) is 4.75. The lowest BCUT2D eigenvalue weighted by atomic mass is 9.99. The van der Waals surface area contributed by atoms with Gasteiger partial charge < -0.3 is 9.47 Å². The van der Waals surface area contributed by atoms with E-state index >= 15 is 0 Å². The second kappa shape index (κ2) is 5.74. The van der Waals surface area contributed by atoms with Crippen LogP contribution in [-0.4, -0.2) is 19.2 Å². The van der Waals surface area contributed by atoms with Gasteiger partial charge in [0.2, 0.25) is 0 Å². The van der Waals surface area contributed by atoms with Crippen molar-refractivity contribution in [2.24, 2.45) is 0 Å². The molecule has 4 heteroatoms. The Bertz CT molecular complexity index is 877. The molecule has 0 fully saturated rings. The molecule has 4 nitrogen and oxygen atoms in total. The molecule has 1 aromatic heterocycles. The number of hydrogen-bond acceptors (Lipinski definition) is 4. The maximum Gasteiger partial charge on any atom is 0.178 e. The summed E-state index contributed by atoms with van der Waals surface area (Å²) >= 11 is 0. The molecule has 0 saturated carbocycles. The second-order valence-corrected chi connectivity index (χ2v) is 4.75. The van der Waals surface area contributed by atoms with Crippen molar-refractivity contribution in [1.29, 1.82) is 5.26 Å². The Balaban J connectivity index is 2.30. The molecule has 22 heavy (non-hydrogen) atoms. The van der Waals surface area contributed by atoms with E-state index in [1.54, 1.807) is 19.4 Å². The third-order valence-corrected chi connectivity index (χ3v) is 3.54. The lowest BCUT2D eigenvalue weighted by molar-refractivity contribution is 0.354. The van der Waals surface area contributed by atoms with Crippen LogP contribution in [0.25, 0.3) is 22.0 Å². The number of ether oxygens (including phenoxy) is 2. The van der Waals surface area contributed by atoms with Crippen molar-refractivity contribution < 1.29 is 9.47 Å². The Kier molecular flexibility index (Phi) is 3.63. The molecule has 2 aromatic carbocycles. The number of methoxy groups -OCH3 is 2. The third-order valence-electron chi connectivity index (χ3n) is 3.54. The van der Waals surface area contributed by atoms with Gasteiger partial charge in [0, 0.05) is 17.1 Å². The molecule has 1 heterocycles. The molecule has 0 aliphatic carbocycles. The fourth-order valence-electron chi connectivity index (χ4n) is 2.54. The lowest BCUT2D eigenvalue weighted by Gasteiger charge is -2.12. The smallest absolute Gasteiger partial charge is 0.178 e. The van der Waals surface area contributed by atoms with Crippen molar-refractivity contribution in [3.05, 3.63) is 54.2 Å². The molecule has 0 N–H and O–H groups in total. The number of para-hydroxylation sites is 1. The van der Waals surface area contributed by atoms with Crippen molar-refractivity contribution >= 4 is 10.9 Å². The van der Waals surface area contributed by atoms with Crippen LogP contribution in [0, 0.1) is 11.3 Å². The summed E-state index contributed by atoms with van der Waals surface area (Å²) in [5.41, 5.74) is 3.15. The number of aromatic nitrogens is 1. The monoisotopic (exact) mass is 290 g/mol. The summed E-state index contributed by atoms with van der Waals surface area (Å²) in [4.78, 5) is 4.46. The van der Waals surface area contributed by atoms with E-state index < -0.39 is 0 Å². The van der Waals surface area contributed by atoms with E-state index in [2.05, 4.69) is 11.1 Å². The van der Waals surface area contributed by atoms with Gasteiger partial charge in [-0.1, -0.05) is 24.3 Å². The fraction of sp³-hybridized carbons (Fsp3) is 0.111. The first kappa shape index (κ1) is 13.9. The van der Waals surface area contributed by atoms with Crippen LogP contribution >= 0.6 is 0 Å². The van der Waals surface area contributed by atoms with Crippen molar-refractivity contribution in [3.63, 3.8) is 0 Å². The molecule has 0 spiro atoms.